The van der Waals surface area contributed by atoms with Crippen molar-refractivity contribution in [1.29, 1.82) is 0 Å². The summed E-state index contributed by atoms with van der Waals surface area (Å²) in [5.74, 6) is 0.220. The van der Waals surface area contributed by atoms with Gasteiger partial charge in [-0.1, -0.05) is 6.92 Å². The molecule has 0 aromatic carbocycles. The van der Waals surface area contributed by atoms with Crippen LogP contribution in [-0.2, 0) is 0 Å². The predicted molar refractivity (Wildman–Crippen MR) is 83.1 cm³/mol. The fourth-order valence-electron chi connectivity index (χ4n) is 1.63. The van der Waals surface area contributed by atoms with Gasteiger partial charge in [0.15, 0.2) is 5.82 Å². The van der Waals surface area contributed by atoms with Crippen molar-refractivity contribution in [2.24, 2.45) is 0 Å². The highest BCUT2D eigenvalue weighted by atomic mass is 32.2. The second-order valence-electron chi connectivity index (χ2n) is 4.78. The first kappa shape index (κ1) is 14.5. The van der Waals surface area contributed by atoms with Crippen LogP contribution in [0.3, 0.4) is 0 Å². The van der Waals surface area contributed by atoms with E-state index in [4.69, 9.17) is 5.73 Å². The molecule has 0 aliphatic heterocycles. The Morgan fingerprint density at radius 3 is 3.00 bits per heavy atom. The number of nitrogen functional groups attached to an aromatic ring is 1. The zero-order valence-corrected chi connectivity index (χ0v) is 12.9. The van der Waals surface area contributed by atoms with Gasteiger partial charge in [-0.25, -0.2) is 0 Å². The molecule has 1 aromatic heterocycles. The van der Waals surface area contributed by atoms with Crippen LogP contribution >= 0.6 is 23.3 Å². The molecule has 1 amide bonds. The largest absolute Gasteiger partial charge is 0.382 e. The fourth-order valence-corrected chi connectivity index (χ4v) is 2.72. The number of nitrogens with zero attached hydrogens (tertiary/aromatic N) is 1. The Hall–Kier alpha value is -0.950. The number of amides is 1. The van der Waals surface area contributed by atoms with Gasteiger partial charge in [0.2, 0.25) is 0 Å². The normalized spacial score (nSPS) is 16.1. The maximum absolute atomic E-state index is 12.1. The number of nitrogens with one attached hydrogen (secondary N) is 2. The van der Waals surface area contributed by atoms with Crippen LogP contribution < -0.4 is 16.4 Å². The van der Waals surface area contributed by atoms with Crippen molar-refractivity contribution >= 4 is 40.0 Å². The van der Waals surface area contributed by atoms with Crippen molar-refractivity contribution in [1.82, 2.24) is 9.69 Å². The van der Waals surface area contributed by atoms with Crippen LogP contribution in [0.1, 0.15) is 36.5 Å². The number of hydrogen-bond acceptors (Lipinski definition) is 6. The molecule has 1 fully saturated rings. The minimum Gasteiger partial charge on any atom is -0.382 e. The molecule has 1 aliphatic carbocycles. The van der Waals surface area contributed by atoms with E-state index in [9.17, 15) is 4.79 Å². The van der Waals surface area contributed by atoms with Crippen LogP contribution in [0, 0.1) is 0 Å². The van der Waals surface area contributed by atoms with Crippen LogP contribution in [0.2, 0.25) is 0 Å². The number of anilines is 2. The fraction of sp³-hybridized carbons (Fsp3) is 0.667. The number of thioether (sulfide) groups is 1. The van der Waals surface area contributed by atoms with Gasteiger partial charge in [-0.2, -0.15) is 16.1 Å². The number of carbonyl (C=O) groups excluding carboxylic acids is 1. The minimum absolute atomic E-state index is 0.103. The molecule has 4 N–H and O–H groups in total. The van der Waals surface area contributed by atoms with E-state index in [-0.39, 0.29) is 5.91 Å². The van der Waals surface area contributed by atoms with Crippen molar-refractivity contribution in [3.63, 3.8) is 0 Å². The Labute approximate surface area is 121 Å². The van der Waals surface area contributed by atoms with E-state index in [1.54, 1.807) is 0 Å². The number of aromatic nitrogens is 1. The van der Waals surface area contributed by atoms with Gasteiger partial charge in [0.1, 0.15) is 10.6 Å². The van der Waals surface area contributed by atoms with Gasteiger partial charge in [0.25, 0.3) is 5.91 Å². The molecule has 1 saturated carbocycles. The Kier molecular flexibility index (Phi) is 4.93. The summed E-state index contributed by atoms with van der Waals surface area (Å²) in [4.78, 5) is 12.1. The molecule has 1 atom stereocenters. The van der Waals surface area contributed by atoms with Gasteiger partial charge < -0.3 is 16.4 Å². The van der Waals surface area contributed by atoms with E-state index in [1.165, 1.54) is 11.5 Å². The number of carbonyl (C=O) groups is 1. The van der Waals surface area contributed by atoms with Crippen molar-refractivity contribution < 1.29 is 4.79 Å². The lowest BCUT2D eigenvalue weighted by atomic mass is 10.2. The van der Waals surface area contributed by atoms with E-state index < -0.39 is 0 Å². The zero-order chi connectivity index (χ0) is 13.8. The van der Waals surface area contributed by atoms with Crippen LogP contribution in [0.4, 0.5) is 10.8 Å². The summed E-state index contributed by atoms with van der Waals surface area (Å²) in [6.07, 6.45) is 5.28. The van der Waals surface area contributed by atoms with Crippen LogP contribution in [-0.4, -0.2) is 34.4 Å². The quantitative estimate of drug-likeness (QED) is 0.719. The molecule has 0 saturated heterocycles. The summed E-state index contributed by atoms with van der Waals surface area (Å²) in [6, 6.07) is 0.330. The molecule has 0 spiro atoms. The van der Waals surface area contributed by atoms with Crippen molar-refractivity contribution in [3.8, 4) is 0 Å². The second kappa shape index (κ2) is 6.47. The second-order valence-corrected chi connectivity index (χ2v) is 6.83. The van der Waals surface area contributed by atoms with Gasteiger partial charge in [-0.05, 0) is 37.1 Å². The maximum atomic E-state index is 12.1. The monoisotopic (exact) mass is 300 g/mol. The molecule has 0 radical (unpaired) electrons. The standard InChI is InChI=1S/C12H20N4OS2/c1-7(18-2)5-6-14-12-9(10(13)16-19-12)11(17)15-8-3-4-8/h7-8,14H,3-6H2,1-2H3,(H2,13,16)(H,15,17). The SMILES string of the molecule is CSC(C)CCNc1snc(N)c1C(=O)NC1CC1. The highest BCUT2D eigenvalue weighted by Gasteiger charge is 2.27. The third kappa shape index (κ3) is 4.01. The van der Waals surface area contributed by atoms with E-state index in [2.05, 4.69) is 28.2 Å². The summed E-state index contributed by atoms with van der Waals surface area (Å²) in [5.41, 5.74) is 6.30. The first-order chi connectivity index (χ1) is 9.11. The Morgan fingerprint density at radius 1 is 1.63 bits per heavy atom. The molecule has 19 heavy (non-hydrogen) atoms. The molecule has 106 valence electrons. The van der Waals surface area contributed by atoms with Crippen LogP contribution in [0.5, 0.6) is 0 Å². The van der Waals surface area contributed by atoms with Gasteiger partial charge in [0, 0.05) is 17.8 Å². The summed E-state index contributed by atoms with van der Waals surface area (Å²) in [6.45, 7) is 3.02. The minimum atomic E-state index is -0.103. The molecule has 1 unspecified atom stereocenters. The van der Waals surface area contributed by atoms with E-state index in [1.807, 2.05) is 11.8 Å². The zero-order valence-electron chi connectivity index (χ0n) is 11.2. The summed E-state index contributed by atoms with van der Waals surface area (Å²) >= 11 is 3.09. The van der Waals surface area contributed by atoms with E-state index in [0.717, 1.165) is 30.8 Å². The first-order valence-corrected chi connectivity index (χ1v) is 8.50. The lowest BCUT2D eigenvalue weighted by Crippen LogP contribution is -2.26. The lowest BCUT2D eigenvalue weighted by molar-refractivity contribution is 0.0953. The number of hydrogen-bond donors (Lipinski definition) is 3. The average molecular weight is 300 g/mol. The predicted octanol–water partition coefficient (Wildman–Crippen LogP) is 2.17. The molecule has 2 rings (SSSR count). The van der Waals surface area contributed by atoms with Crippen LogP contribution in [0.15, 0.2) is 0 Å². The number of rotatable bonds is 7. The Balaban J connectivity index is 1.94. The average Bonchev–Trinajstić information content (AvgIpc) is 3.11. The Bertz CT molecular complexity index is 445. The third-order valence-corrected chi connectivity index (χ3v) is 4.96. The van der Waals surface area contributed by atoms with Crippen LogP contribution in [0.25, 0.3) is 0 Å². The molecule has 1 aromatic rings. The first-order valence-electron chi connectivity index (χ1n) is 6.44. The smallest absolute Gasteiger partial charge is 0.258 e. The van der Waals surface area contributed by atoms with E-state index >= 15 is 0 Å². The summed E-state index contributed by atoms with van der Waals surface area (Å²) in [5, 5.41) is 7.61. The topological polar surface area (TPSA) is 80.0 Å². The Morgan fingerprint density at radius 2 is 2.37 bits per heavy atom. The van der Waals surface area contributed by atoms with Gasteiger partial charge >= 0.3 is 0 Å². The molecule has 5 nitrogen and oxygen atoms in total. The highest BCUT2D eigenvalue weighted by Crippen LogP contribution is 2.28. The van der Waals surface area contributed by atoms with Gasteiger partial charge in [-0.3, -0.25) is 4.79 Å². The van der Waals surface area contributed by atoms with E-state index in [0.29, 0.717) is 22.7 Å². The number of nitrogens with two attached hydrogens (primary N) is 1. The molecule has 1 heterocycles. The molecular formula is C12H20N4OS2. The van der Waals surface area contributed by atoms with Crippen molar-refractivity contribution in [3.05, 3.63) is 5.56 Å². The maximum Gasteiger partial charge on any atom is 0.258 e. The van der Waals surface area contributed by atoms with Crippen molar-refractivity contribution in [2.75, 3.05) is 23.9 Å². The molecule has 0 bridgehead atoms. The summed E-state index contributed by atoms with van der Waals surface area (Å²) in [7, 11) is 0. The lowest BCUT2D eigenvalue weighted by Gasteiger charge is -2.10. The highest BCUT2D eigenvalue weighted by molar-refractivity contribution is 7.99. The van der Waals surface area contributed by atoms with Crippen molar-refractivity contribution in [2.45, 2.75) is 37.5 Å². The third-order valence-electron chi connectivity index (χ3n) is 3.10. The molecule has 7 heteroatoms. The van der Waals surface area contributed by atoms with Gasteiger partial charge in [0.05, 0.1) is 0 Å². The molecular weight excluding hydrogens is 280 g/mol. The summed E-state index contributed by atoms with van der Waals surface area (Å²) < 4.78 is 4.07. The van der Waals surface area contributed by atoms with Gasteiger partial charge in [-0.15, -0.1) is 0 Å². The molecule has 1 aliphatic rings.